The summed E-state index contributed by atoms with van der Waals surface area (Å²) in [7, 11) is 2.24. The fourth-order valence-corrected chi connectivity index (χ4v) is 3.71. The standard InChI is InChI=1S/C13H24N2OS/c1-3-6-14-13(12-5-4-8-16-12)11-10-17-9-7-15(11)2/h5,11,13-14H,3-4,6-10H2,1-2H3. The van der Waals surface area contributed by atoms with Crippen molar-refractivity contribution in [3.8, 4) is 0 Å². The molecule has 0 aromatic carbocycles. The molecule has 1 fully saturated rings. The van der Waals surface area contributed by atoms with Gasteiger partial charge in [0.25, 0.3) is 0 Å². The first-order valence-electron chi connectivity index (χ1n) is 6.67. The smallest absolute Gasteiger partial charge is 0.111 e. The van der Waals surface area contributed by atoms with E-state index in [1.165, 1.54) is 30.2 Å². The number of nitrogens with one attached hydrogen (secondary N) is 1. The molecule has 0 aromatic heterocycles. The third-order valence-electron chi connectivity index (χ3n) is 3.48. The van der Waals surface area contributed by atoms with Crippen LogP contribution in [0.15, 0.2) is 11.8 Å². The third-order valence-corrected chi connectivity index (χ3v) is 4.53. The topological polar surface area (TPSA) is 24.5 Å². The van der Waals surface area contributed by atoms with Crippen molar-refractivity contribution in [2.75, 3.05) is 38.2 Å². The van der Waals surface area contributed by atoms with Crippen LogP contribution in [-0.4, -0.2) is 55.2 Å². The van der Waals surface area contributed by atoms with E-state index in [4.69, 9.17) is 4.74 Å². The summed E-state index contributed by atoms with van der Waals surface area (Å²) >= 11 is 2.06. The minimum absolute atomic E-state index is 0.384. The van der Waals surface area contributed by atoms with E-state index in [-0.39, 0.29) is 0 Å². The minimum Gasteiger partial charge on any atom is -0.496 e. The lowest BCUT2D eigenvalue weighted by Crippen LogP contribution is -2.53. The summed E-state index contributed by atoms with van der Waals surface area (Å²) in [6.45, 7) is 5.34. The Labute approximate surface area is 109 Å². The van der Waals surface area contributed by atoms with Crippen LogP contribution < -0.4 is 5.32 Å². The third kappa shape index (κ3) is 3.39. The number of ether oxygens (including phenoxy) is 1. The summed E-state index contributed by atoms with van der Waals surface area (Å²) in [5, 5.41) is 3.66. The van der Waals surface area contributed by atoms with Crippen LogP contribution in [0.2, 0.25) is 0 Å². The van der Waals surface area contributed by atoms with E-state index in [0.29, 0.717) is 12.1 Å². The first-order valence-corrected chi connectivity index (χ1v) is 7.82. The van der Waals surface area contributed by atoms with Gasteiger partial charge in [-0.3, -0.25) is 4.90 Å². The van der Waals surface area contributed by atoms with Crippen molar-refractivity contribution in [1.29, 1.82) is 0 Å². The lowest BCUT2D eigenvalue weighted by Gasteiger charge is -2.38. The first kappa shape index (κ1) is 13.2. The van der Waals surface area contributed by atoms with Crippen molar-refractivity contribution in [3.63, 3.8) is 0 Å². The number of nitrogens with zero attached hydrogens (tertiary/aromatic N) is 1. The van der Waals surface area contributed by atoms with Crippen LogP contribution in [0, 0.1) is 0 Å². The molecule has 17 heavy (non-hydrogen) atoms. The molecule has 0 bridgehead atoms. The summed E-state index contributed by atoms with van der Waals surface area (Å²) < 4.78 is 5.78. The summed E-state index contributed by atoms with van der Waals surface area (Å²) in [5.74, 6) is 3.64. The van der Waals surface area contributed by atoms with Gasteiger partial charge in [-0.25, -0.2) is 0 Å². The van der Waals surface area contributed by atoms with Gasteiger partial charge in [-0.1, -0.05) is 6.92 Å². The maximum atomic E-state index is 5.78. The Morgan fingerprint density at radius 3 is 3.18 bits per heavy atom. The molecule has 0 radical (unpaired) electrons. The second-order valence-corrected chi connectivity index (χ2v) is 5.95. The van der Waals surface area contributed by atoms with Gasteiger partial charge in [-0.05, 0) is 26.1 Å². The Balaban J connectivity index is 2.02. The molecule has 0 aliphatic carbocycles. The molecule has 1 N–H and O–H groups in total. The van der Waals surface area contributed by atoms with E-state index < -0.39 is 0 Å². The quantitative estimate of drug-likeness (QED) is 0.809. The van der Waals surface area contributed by atoms with E-state index >= 15 is 0 Å². The number of likely N-dealkylation sites (N-methyl/N-ethyl adjacent to an activating group) is 1. The maximum absolute atomic E-state index is 5.78. The molecule has 2 aliphatic rings. The fraction of sp³-hybridized carbons (Fsp3) is 0.846. The fourth-order valence-electron chi connectivity index (χ4n) is 2.44. The van der Waals surface area contributed by atoms with E-state index in [2.05, 4.69) is 42.0 Å². The maximum Gasteiger partial charge on any atom is 0.111 e. The highest BCUT2D eigenvalue weighted by Gasteiger charge is 2.32. The summed E-state index contributed by atoms with van der Waals surface area (Å²) in [5.41, 5.74) is 0. The molecule has 0 amide bonds. The second kappa shape index (κ2) is 6.66. The zero-order valence-corrected chi connectivity index (χ0v) is 11.8. The molecule has 2 heterocycles. The Morgan fingerprint density at radius 2 is 2.53 bits per heavy atom. The lowest BCUT2D eigenvalue weighted by molar-refractivity contribution is 0.161. The number of hydrogen-bond acceptors (Lipinski definition) is 4. The van der Waals surface area contributed by atoms with Gasteiger partial charge in [0.1, 0.15) is 5.76 Å². The summed E-state index contributed by atoms with van der Waals surface area (Å²) in [6, 6.07) is 0.958. The van der Waals surface area contributed by atoms with Crippen LogP contribution in [0.1, 0.15) is 19.8 Å². The molecule has 98 valence electrons. The molecular weight excluding hydrogens is 232 g/mol. The Kier molecular flexibility index (Phi) is 5.19. The zero-order valence-electron chi connectivity index (χ0n) is 10.9. The highest BCUT2D eigenvalue weighted by Crippen LogP contribution is 2.24. The normalized spacial score (nSPS) is 27.6. The summed E-state index contributed by atoms with van der Waals surface area (Å²) in [4.78, 5) is 2.48. The average Bonchev–Trinajstić information content (AvgIpc) is 2.85. The predicted octanol–water partition coefficient (Wildman–Crippen LogP) is 1.71. The Bertz CT molecular complexity index is 270. The van der Waals surface area contributed by atoms with Crippen LogP contribution in [-0.2, 0) is 4.74 Å². The average molecular weight is 256 g/mol. The van der Waals surface area contributed by atoms with Crippen LogP contribution in [0.4, 0.5) is 0 Å². The largest absolute Gasteiger partial charge is 0.496 e. The Hall–Kier alpha value is -0.190. The van der Waals surface area contributed by atoms with Crippen LogP contribution in [0.3, 0.4) is 0 Å². The van der Waals surface area contributed by atoms with Crippen LogP contribution in [0.25, 0.3) is 0 Å². The number of thioether (sulfide) groups is 1. The zero-order chi connectivity index (χ0) is 12.1. The predicted molar refractivity (Wildman–Crippen MR) is 74.5 cm³/mol. The van der Waals surface area contributed by atoms with Gasteiger partial charge < -0.3 is 10.1 Å². The molecule has 3 nitrogen and oxygen atoms in total. The number of rotatable bonds is 5. The van der Waals surface area contributed by atoms with Crippen molar-refractivity contribution < 1.29 is 4.74 Å². The highest BCUT2D eigenvalue weighted by molar-refractivity contribution is 7.99. The SMILES string of the molecule is CCCNC(C1=CCCO1)C1CSCCN1C. The van der Waals surface area contributed by atoms with Gasteiger partial charge in [0.15, 0.2) is 0 Å². The van der Waals surface area contributed by atoms with Gasteiger partial charge in [0.2, 0.25) is 0 Å². The van der Waals surface area contributed by atoms with Crippen LogP contribution >= 0.6 is 11.8 Å². The molecule has 1 saturated heterocycles. The van der Waals surface area contributed by atoms with Gasteiger partial charge in [0, 0.05) is 30.5 Å². The molecule has 4 heteroatoms. The van der Waals surface area contributed by atoms with Crippen molar-refractivity contribution in [2.24, 2.45) is 0 Å². The monoisotopic (exact) mass is 256 g/mol. The molecule has 2 aliphatic heterocycles. The van der Waals surface area contributed by atoms with E-state index in [1.54, 1.807) is 0 Å². The molecule has 0 aromatic rings. The molecule has 0 spiro atoms. The van der Waals surface area contributed by atoms with Crippen LogP contribution in [0.5, 0.6) is 0 Å². The highest BCUT2D eigenvalue weighted by atomic mass is 32.2. The van der Waals surface area contributed by atoms with Crippen molar-refractivity contribution in [3.05, 3.63) is 11.8 Å². The van der Waals surface area contributed by atoms with Gasteiger partial charge in [0.05, 0.1) is 12.6 Å². The summed E-state index contributed by atoms with van der Waals surface area (Å²) in [6.07, 6.45) is 4.51. The molecular formula is C13H24N2OS. The van der Waals surface area contributed by atoms with Gasteiger partial charge >= 0.3 is 0 Å². The molecule has 0 saturated carbocycles. The van der Waals surface area contributed by atoms with Crippen molar-refractivity contribution in [1.82, 2.24) is 10.2 Å². The lowest BCUT2D eigenvalue weighted by atomic mass is 10.1. The first-order chi connectivity index (χ1) is 8.33. The number of hydrogen-bond donors (Lipinski definition) is 1. The van der Waals surface area contributed by atoms with E-state index in [0.717, 1.165) is 19.6 Å². The minimum atomic E-state index is 0.384. The second-order valence-electron chi connectivity index (χ2n) is 4.80. The van der Waals surface area contributed by atoms with Crippen molar-refractivity contribution >= 4 is 11.8 Å². The van der Waals surface area contributed by atoms with Gasteiger partial charge in [-0.15, -0.1) is 0 Å². The molecule has 2 rings (SSSR count). The molecule has 2 unspecified atom stereocenters. The van der Waals surface area contributed by atoms with E-state index in [1.807, 2.05) is 0 Å². The van der Waals surface area contributed by atoms with Gasteiger partial charge in [-0.2, -0.15) is 11.8 Å². The van der Waals surface area contributed by atoms with E-state index in [9.17, 15) is 0 Å². The molecule has 2 atom stereocenters. The van der Waals surface area contributed by atoms with Crippen molar-refractivity contribution in [2.45, 2.75) is 31.8 Å². The Morgan fingerprint density at radius 1 is 1.65 bits per heavy atom.